The van der Waals surface area contributed by atoms with Gasteiger partial charge in [-0.2, -0.15) is 0 Å². The Morgan fingerprint density at radius 2 is 1.95 bits per heavy atom. The third-order valence-electron chi connectivity index (χ3n) is 2.76. The standard InChI is InChI=1S/C14H11ClN4/c15-10-2-1-9-5-6-17-14(12(9)7-10)19-13-4-3-11(16)8-18-13/h1-8H,16H2,(H,17,18,19). The van der Waals surface area contributed by atoms with E-state index in [4.69, 9.17) is 17.3 Å². The number of aromatic nitrogens is 2. The predicted molar refractivity (Wildman–Crippen MR) is 78.7 cm³/mol. The molecule has 3 aromatic rings. The van der Waals surface area contributed by atoms with Crippen molar-refractivity contribution >= 4 is 39.7 Å². The van der Waals surface area contributed by atoms with Crippen molar-refractivity contribution in [1.82, 2.24) is 9.97 Å². The summed E-state index contributed by atoms with van der Waals surface area (Å²) in [4.78, 5) is 8.52. The van der Waals surface area contributed by atoms with E-state index in [0.29, 0.717) is 16.5 Å². The second-order valence-corrected chi connectivity index (χ2v) is 4.56. The van der Waals surface area contributed by atoms with Gasteiger partial charge in [0.15, 0.2) is 0 Å². The van der Waals surface area contributed by atoms with Crippen molar-refractivity contribution < 1.29 is 0 Å². The summed E-state index contributed by atoms with van der Waals surface area (Å²) in [5.41, 5.74) is 6.23. The number of nitrogens with two attached hydrogens (primary N) is 1. The smallest absolute Gasteiger partial charge is 0.139 e. The highest BCUT2D eigenvalue weighted by Crippen LogP contribution is 2.26. The molecule has 0 fully saturated rings. The van der Waals surface area contributed by atoms with Gasteiger partial charge in [0, 0.05) is 16.6 Å². The highest BCUT2D eigenvalue weighted by molar-refractivity contribution is 6.31. The molecule has 4 nitrogen and oxygen atoms in total. The van der Waals surface area contributed by atoms with Crippen LogP contribution in [0.15, 0.2) is 48.8 Å². The average Bonchev–Trinajstić information content (AvgIpc) is 2.42. The number of nitrogen functional groups attached to an aromatic ring is 1. The number of fused-ring (bicyclic) bond motifs is 1. The van der Waals surface area contributed by atoms with Crippen LogP contribution in [0.3, 0.4) is 0 Å². The molecule has 0 unspecified atom stereocenters. The maximum atomic E-state index is 6.03. The number of rotatable bonds is 2. The van der Waals surface area contributed by atoms with E-state index in [2.05, 4.69) is 15.3 Å². The van der Waals surface area contributed by atoms with Crippen LogP contribution < -0.4 is 11.1 Å². The van der Waals surface area contributed by atoms with Crippen LogP contribution in [0.4, 0.5) is 17.3 Å². The monoisotopic (exact) mass is 270 g/mol. The van der Waals surface area contributed by atoms with E-state index >= 15 is 0 Å². The van der Waals surface area contributed by atoms with Gasteiger partial charge in [0.1, 0.15) is 11.6 Å². The zero-order valence-electron chi connectivity index (χ0n) is 9.97. The van der Waals surface area contributed by atoms with E-state index in [9.17, 15) is 0 Å². The molecule has 0 saturated heterocycles. The predicted octanol–water partition coefficient (Wildman–Crippen LogP) is 3.61. The van der Waals surface area contributed by atoms with Gasteiger partial charge in [-0.1, -0.05) is 17.7 Å². The third kappa shape index (κ3) is 2.44. The maximum absolute atomic E-state index is 6.03. The summed E-state index contributed by atoms with van der Waals surface area (Å²) in [6.45, 7) is 0. The lowest BCUT2D eigenvalue weighted by atomic mass is 10.1. The molecule has 0 spiro atoms. The molecule has 3 rings (SSSR count). The van der Waals surface area contributed by atoms with Gasteiger partial charge in [0.2, 0.25) is 0 Å². The number of pyridine rings is 2. The van der Waals surface area contributed by atoms with Crippen LogP contribution in [0.1, 0.15) is 0 Å². The van der Waals surface area contributed by atoms with Crippen LogP contribution in [0.5, 0.6) is 0 Å². The highest BCUT2D eigenvalue weighted by atomic mass is 35.5. The van der Waals surface area contributed by atoms with Crippen molar-refractivity contribution in [3.8, 4) is 0 Å². The van der Waals surface area contributed by atoms with E-state index in [1.807, 2.05) is 24.3 Å². The molecule has 19 heavy (non-hydrogen) atoms. The van der Waals surface area contributed by atoms with Gasteiger partial charge in [0.05, 0.1) is 11.9 Å². The van der Waals surface area contributed by atoms with Crippen molar-refractivity contribution in [3.05, 3.63) is 53.8 Å². The summed E-state index contributed by atoms with van der Waals surface area (Å²) in [5.74, 6) is 1.41. The normalized spacial score (nSPS) is 10.6. The zero-order valence-corrected chi connectivity index (χ0v) is 10.7. The highest BCUT2D eigenvalue weighted by Gasteiger charge is 2.04. The van der Waals surface area contributed by atoms with E-state index in [1.54, 1.807) is 24.5 Å². The first-order valence-electron chi connectivity index (χ1n) is 5.75. The lowest BCUT2D eigenvalue weighted by molar-refractivity contribution is 1.27. The van der Waals surface area contributed by atoms with E-state index in [0.717, 1.165) is 16.6 Å². The molecule has 3 N–H and O–H groups in total. The van der Waals surface area contributed by atoms with Gasteiger partial charge in [0.25, 0.3) is 0 Å². The number of nitrogens with one attached hydrogen (secondary N) is 1. The van der Waals surface area contributed by atoms with E-state index < -0.39 is 0 Å². The fraction of sp³-hybridized carbons (Fsp3) is 0. The Morgan fingerprint density at radius 3 is 2.74 bits per heavy atom. The molecule has 0 saturated carbocycles. The van der Waals surface area contributed by atoms with Crippen molar-refractivity contribution in [2.75, 3.05) is 11.1 Å². The molecule has 0 aliphatic carbocycles. The SMILES string of the molecule is Nc1ccc(Nc2nccc3ccc(Cl)cc23)nc1. The minimum Gasteiger partial charge on any atom is -0.397 e. The van der Waals surface area contributed by atoms with Gasteiger partial charge in [-0.15, -0.1) is 0 Å². The molecule has 1 aromatic carbocycles. The third-order valence-corrected chi connectivity index (χ3v) is 3.00. The molecule has 94 valence electrons. The Bertz CT molecular complexity index is 725. The van der Waals surface area contributed by atoms with Gasteiger partial charge >= 0.3 is 0 Å². The van der Waals surface area contributed by atoms with Crippen LogP contribution >= 0.6 is 11.6 Å². The van der Waals surface area contributed by atoms with Gasteiger partial charge in [-0.25, -0.2) is 9.97 Å². The summed E-state index contributed by atoms with van der Waals surface area (Å²) in [6.07, 6.45) is 3.34. The Kier molecular flexibility index (Phi) is 2.93. The molecule has 2 aromatic heterocycles. The topological polar surface area (TPSA) is 63.8 Å². The van der Waals surface area contributed by atoms with Crippen LogP contribution in [0, 0.1) is 0 Å². The number of anilines is 3. The first kappa shape index (κ1) is 11.7. The maximum Gasteiger partial charge on any atom is 0.139 e. The largest absolute Gasteiger partial charge is 0.397 e. The molecule has 2 heterocycles. The summed E-state index contributed by atoms with van der Waals surface area (Å²) in [7, 11) is 0. The van der Waals surface area contributed by atoms with Crippen LogP contribution in [-0.2, 0) is 0 Å². The summed E-state index contributed by atoms with van der Waals surface area (Å²) >= 11 is 6.03. The minimum atomic E-state index is 0.625. The summed E-state index contributed by atoms with van der Waals surface area (Å²) in [5, 5.41) is 5.86. The molecule has 0 amide bonds. The molecular weight excluding hydrogens is 260 g/mol. The Balaban J connectivity index is 2.05. The van der Waals surface area contributed by atoms with Crippen LogP contribution in [-0.4, -0.2) is 9.97 Å². The Labute approximate surface area is 115 Å². The summed E-state index contributed by atoms with van der Waals surface area (Å²) < 4.78 is 0. The molecule has 0 atom stereocenters. The molecular formula is C14H11ClN4. The molecule has 0 radical (unpaired) electrons. The molecule has 0 aliphatic rings. The second kappa shape index (κ2) is 4.74. The van der Waals surface area contributed by atoms with Crippen molar-refractivity contribution in [2.24, 2.45) is 0 Å². The number of benzene rings is 1. The second-order valence-electron chi connectivity index (χ2n) is 4.13. The number of nitrogens with zero attached hydrogens (tertiary/aromatic N) is 2. The van der Waals surface area contributed by atoms with Gasteiger partial charge in [-0.05, 0) is 35.7 Å². The lowest BCUT2D eigenvalue weighted by Crippen LogP contribution is -1.97. The van der Waals surface area contributed by atoms with Crippen molar-refractivity contribution in [3.63, 3.8) is 0 Å². The lowest BCUT2D eigenvalue weighted by Gasteiger charge is -2.08. The fourth-order valence-corrected chi connectivity index (χ4v) is 2.01. The fourth-order valence-electron chi connectivity index (χ4n) is 1.84. The molecule has 0 aliphatic heterocycles. The Hall–Kier alpha value is -2.33. The van der Waals surface area contributed by atoms with Crippen LogP contribution in [0.25, 0.3) is 10.8 Å². The minimum absolute atomic E-state index is 0.625. The molecule has 0 bridgehead atoms. The van der Waals surface area contributed by atoms with Gasteiger partial charge in [-0.3, -0.25) is 0 Å². The van der Waals surface area contributed by atoms with Gasteiger partial charge < -0.3 is 11.1 Å². The number of hydrogen-bond acceptors (Lipinski definition) is 4. The van der Waals surface area contributed by atoms with Crippen LogP contribution in [0.2, 0.25) is 5.02 Å². The average molecular weight is 271 g/mol. The zero-order chi connectivity index (χ0) is 13.2. The van der Waals surface area contributed by atoms with Crippen molar-refractivity contribution in [2.45, 2.75) is 0 Å². The summed E-state index contributed by atoms with van der Waals surface area (Å²) in [6, 6.07) is 11.2. The van der Waals surface area contributed by atoms with Crippen molar-refractivity contribution in [1.29, 1.82) is 0 Å². The van der Waals surface area contributed by atoms with E-state index in [-0.39, 0.29) is 0 Å². The number of halogens is 1. The number of hydrogen-bond donors (Lipinski definition) is 2. The Morgan fingerprint density at radius 1 is 1.05 bits per heavy atom. The first-order chi connectivity index (χ1) is 9.22. The quantitative estimate of drug-likeness (QED) is 0.747. The van der Waals surface area contributed by atoms with E-state index in [1.165, 1.54) is 0 Å². The molecule has 5 heteroatoms. The first-order valence-corrected chi connectivity index (χ1v) is 6.13.